The predicted molar refractivity (Wildman–Crippen MR) is 36.5 cm³/mol. The third-order valence-corrected chi connectivity index (χ3v) is 1.25. The Balaban J connectivity index is -0.000000320. The summed E-state index contributed by atoms with van der Waals surface area (Å²) in [7, 11) is 0. The van der Waals surface area contributed by atoms with E-state index in [4.69, 9.17) is 5.11 Å². The van der Waals surface area contributed by atoms with Crippen molar-refractivity contribution < 1.29 is 40.9 Å². The molecule has 0 bridgehead atoms. The van der Waals surface area contributed by atoms with Crippen LogP contribution in [-0.4, -0.2) is 35.6 Å². The molecule has 0 fully saturated rings. The number of hydrogen-bond donors (Lipinski definition) is 1. The van der Waals surface area contributed by atoms with Crippen molar-refractivity contribution in [3.8, 4) is 0 Å². The number of nitrogens with zero attached hydrogens (tertiary/aromatic N) is 1. The molecule has 0 saturated carbocycles. The molecule has 1 N–H and O–H groups in total. The molecule has 0 aromatic carbocycles. The Kier molecular flexibility index (Phi) is 9.84. The molecule has 0 unspecified atom stereocenters. The van der Waals surface area contributed by atoms with Gasteiger partial charge in [-0.25, -0.2) is 0 Å². The van der Waals surface area contributed by atoms with Crippen molar-refractivity contribution in [1.29, 1.82) is 0 Å². The third-order valence-electron chi connectivity index (χ3n) is 1.25. The van der Waals surface area contributed by atoms with Crippen molar-refractivity contribution in [1.82, 2.24) is 4.90 Å². The molecule has 0 saturated heterocycles. The Morgan fingerprint density at radius 1 is 1.50 bits per heavy atom. The molecule has 0 aromatic rings. The molecule has 0 aliphatic heterocycles. The Morgan fingerprint density at radius 2 is 1.90 bits per heavy atom. The van der Waals surface area contributed by atoms with Crippen molar-refractivity contribution in [2.24, 2.45) is 0 Å². The first-order valence-electron chi connectivity index (χ1n) is 3.14. The maximum Gasteiger partial charge on any atom is 1.00 e. The van der Waals surface area contributed by atoms with Crippen LogP contribution in [-0.2, 0) is 4.79 Å². The van der Waals surface area contributed by atoms with Gasteiger partial charge in [-0.05, 0) is 13.1 Å². The summed E-state index contributed by atoms with van der Waals surface area (Å²) in [6.07, 6.45) is 0. The maximum absolute atomic E-state index is 10.1. The summed E-state index contributed by atoms with van der Waals surface area (Å²) in [5, 5.41) is 8.30. The normalized spacial score (nSPS) is 9.10. The van der Waals surface area contributed by atoms with Crippen LogP contribution in [0.1, 0.15) is 15.3 Å². The van der Waals surface area contributed by atoms with Gasteiger partial charge in [-0.3, -0.25) is 9.69 Å². The second-order valence-corrected chi connectivity index (χ2v) is 1.86. The van der Waals surface area contributed by atoms with E-state index in [1.165, 1.54) is 0 Å². The summed E-state index contributed by atoms with van der Waals surface area (Å²) < 4.78 is 0. The van der Waals surface area contributed by atoms with E-state index in [0.717, 1.165) is 13.1 Å². The molecular weight excluding hydrogens is 141 g/mol. The summed E-state index contributed by atoms with van der Waals surface area (Å²) >= 11 is 0. The van der Waals surface area contributed by atoms with Crippen molar-refractivity contribution in [3.05, 3.63) is 0 Å². The first-order valence-corrected chi connectivity index (χ1v) is 3.14. The van der Waals surface area contributed by atoms with E-state index < -0.39 is 5.97 Å². The molecule has 0 spiro atoms. The van der Waals surface area contributed by atoms with Crippen LogP contribution in [0.2, 0.25) is 0 Å². The minimum absolute atomic E-state index is 0. The number of likely N-dealkylation sites (N-methyl/N-ethyl adjacent to an activating group) is 1. The van der Waals surface area contributed by atoms with Gasteiger partial charge in [-0.2, -0.15) is 0 Å². The quantitative estimate of drug-likeness (QED) is 0.457. The topological polar surface area (TPSA) is 40.5 Å². The number of hydrogen-bond acceptors (Lipinski definition) is 2. The number of carboxylic acids is 1. The zero-order chi connectivity index (χ0) is 7.28. The van der Waals surface area contributed by atoms with Gasteiger partial charge < -0.3 is 6.53 Å². The van der Waals surface area contributed by atoms with E-state index in [1.807, 2.05) is 18.7 Å². The van der Waals surface area contributed by atoms with E-state index in [2.05, 4.69) is 0 Å². The Morgan fingerprint density at radius 3 is 2.00 bits per heavy atom. The number of aliphatic carboxylic acids is 1. The van der Waals surface area contributed by atoms with Crippen LogP contribution in [0.3, 0.4) is 0 Å². The predicted octanol–water partition coefficient (Wildman–Crippen LogP) is -2.47. The third kappa shape index (κ3) is 6.55. The van der Waals surface area contributed by atoms with E-state index in [-0.39, 0.29) is 37.5 Å². The maximum atomic E-state index is 10.1. The van der Waals surface area contributed by atoms with Gasteiger partial charge in [-0.1, -0.05) is 13.8 Å². The second-order valence-electron chi connectivity index (χ2n) is 1.86. The van der Waals surface area contributed by atoms with Gasteiger partial charge >= 0.3 is 35.5 Å². The number of carbonyl (C=O) groups is 1. The molecule has 3 nitrogen and oxygen atoms in total. The van der Waals surface area contributed by atoms with Gasteiger partial charge in [0.25, 0.3) is 0 Å². The molecule has 0 aromatic heterocycles. The molecule has 0 radical (unpaired) electrons. The molecular formula is C6H14NNaO2. The molecule has 10 heavy (non-hydrogen) atoms. The van der Waals surface area contributed by atoms with Crippen molar-refractivity contribution in [3.63, 3.8) is 0 Å². The van der Waals surface area contributed by atoms with Crippen LogP contribution in [0.5, 0.6) is 0 Å². The number of carboxylic acid groups (broad SMARTS) is 1. The van der Waals surface area contributed by atoms with Crippen LogP contribution in [0.4, 0.5) is 0 Å². The first-order chi connectivity index (χ1) is 4.20. The number of rotatable bonds is 4. The van der Waals surface area contributed by atoms with Crippen molar-refractivity contribution in [2.45, 2.75) is 13.8 Å². The summed E-state index contributed by atoms with van der Waals surface area (Å²) in [6.45, 7) is 5.68. The van der Waals surface area contributed by atoms with Crippen LogP contribution in [0.25, 0.3) is 0 Å². The summed E-state index contributed by atoms with van der Waals surface area (Å²) in [5.41, 5.74) is 0. The molecule has 0 atom stereocenters. The zero-order valence-electron chi connectivity index (χ0n) is 7.92. The van der Waals surface area contributed by atoms with E-state index in [1.54, 1.807) is 0 Å². The van der Waals surface area contributed by atoms with Gasteiger partial charge in [0.2, 0.25) is 0 Å². The van der Waals surface area contributed by atoms with Crippen LogP contribution in [0.15, 0.2) is 0 Å². The molecule has 0 heterocycles. The molecule has 0 aliphatic carbocycles. The average molecular weight is 155 g/mol. The Hall–Kier alpha value is 0.430. The molecule has 0 aliphatic rings. The standard InChI is InChI=1S/C6H13NO2.Na.H/c1-3-7(4-2)5-6(8)9;;/h3-5H2,1-2H3,(H,8,9);;/q;+1;-1. The summed E-state index contributed by atoms with van der Waals surface area (Å²) in [6, 6.07) is 0. The molecule has 4 heteroatoms. The molecule has 0 rings (SSSR count). The minimum Gasteiger partial charge on any atom is -1.00 e. The minimum atomic E-state index is -0.751. The fourth-order valence-corrected chi connectivity index (χ4v) is 0.639. The summed E-state index contributed by atoms with van der Waals surface area (Å²) in [4.78, 5) is 11.9. The molecule has 0 amide bonds. The van der Waals surface area contributed by atoms with E-state index in [0.29, 0.717) is 0 Å². The van der Waals surface area contributed by atoms with Crippen LogP contribution in [0, 0.1) is 0 Å². The van der Waals surface area contributed by atoms with Gasteiger partial charge in [-0.15, -0.1) is 0 Å². The van der Waals surface area contributed by atoms with Gasteiger partial charge in [0, 0.05) is 0 Å². The van der Waals surface area contributed by atoms with Gasteiger partial charge in [0.1, 0.15) is 0 Å². The Labute approximate surface area is 85.2 Å². The van der Waals surface area contributed by atoms with Crippen LogP contribution >= 0.6 is 0 Å². The second kappa shape index (κ2) is 7.54. The van der Waals surface area contributed by atoms with Gasteiger partial charge in [0.05, 0.1) is 6.54 Å². The van der Waals surface area contributed by atoms with E-state index in [9.17, 15) is 4.79 Å². The fourth-order valence-electron chi connectivity index (χ4n) is 0.639. The van der Waals surface area contributed by atoms with Crippen molar-refractivity contribution in [2.75, 3.05) is 19.6 Å². The van der Waals surface area contributed by atoms with Gasteiger partial charge in [0.15, 0.2) is 0 Å². The SMILES string of the molecule is CCN(CC)CC(=O)O.[H-].[Na+]. The van der Waals surface area contributed by atoms with Crippen molar-refractivity contribution >= 4 is 5.97 Å². The zero-order valence-corrected chi connectivity index (χ0v) is 8.92. The average Bonchev–Trinajstić information content (AvgIpc) is 1.82. The monoisotopic (exact) mass is 155 g/mol. The first kappa shape index (κ1) is 13.1. The largest absolute Gasteiger partial charge is 1.00 e. The molecule has 56 valence electrons. The summed E-state index contributed by atoms with van der Waals surface area (Å²) in [5.74, 6) is -0.751. The Bertz CT molecular complexity index is 98.6. The fraction of sp³-hybridized carbons (Fsp3) is 0.833. The van der Waals surface area contributed by atoms with Crippen LogP contribution < -0.4 is 29.6 Å². The smallest absolute Gasteiger partial charge is 1.00 e. The van der Waals surface area contributed by atoms with E-state index >= 15 is 0 Å².